The van der Waals surface area contributed by atoms with Gasteiger partial charge >= 0.3 is 5.97 Å². The van der Waals surface area contributed by atoms with E-state index in [2.05, 4.69) is 26.5 Å². The van der Waals surface area contributed by atoms with E-state index < -0.39 is 11.4 Å². The molecule has 0 aromatic heterocycles. The first-order chi connectivity index (χ1) is 10.3. The van der Waals surface area contributed by atoms with Crippen LogP contribution in [0, 0.1) is 22.2 Å². The topological polar surface area (TPSA) is 37.3 Å². The van der Waals surface area contributed by atoms with Crippen molar-refractivity contribution < 1.29 is 9.90 Å². The number of aliphatic carboxylic acids is 1. The second-order valence-corrected chi connectivity index (χ2v) is 8.70. The van der Waals surface area contributed by atoms with Crippen molar-refractivity contribution in [3.63, 3.8) is 0 Å². The van der Waals surface area contributed by atoms with Gasteiger partial charge in [-0.15, -0.1) is 6.58 Å². The van der Waals surface area contributed by atoms with Gasteiger partial charge in [0.1, 0.15) is 0 Å². The van der Waals surface area contributed by atoms with Gasteiger partial charge in [-0.25, -0.2) is 0 Å². The maximum atomic E-state index is 12.0. The van der Waals surface area contributed by atoms with Crippen LogP contribution in [0.15, 0.2) is 23.8 Å². The third-order valence-electron chi connectivity index (χ3n) is 7.33. The van der Waals surface area contributed by atoms with Crippen molar-refractivity contribution in [3.8, 4) is 0 Å². The lowest BCUT2D eigenvalue weighted by Crippen LogP contribution is -2.51. The Kier molecular flexibility index (Phi) is 3.58. The summed E-state index contributed by atoms with van der Waals surface area (Å²) in [5.74, 6) is -0.280. The highest BCUT2D eigenvalue weighted by molar-refractivity contribution is 5.75. The van der Waals surface area contributed by atoms with Crippen molar-refractivity contribution in [3.05, 3.63) is 23.8 Å². The van der Waals surface area contributed by atoms with Crippen LogP contribution in [0.4, 0.5) is 0 Å². The van der Waals surface area contributed by atoms with Crippen LogP contribution in [0.1, 0.15) is 72.1 Å². The van der Waals surface area contributed by atoms with Crippen LogP contribution >= 0.6 is 0 Å². The van der Waals surface area contributed by atoms with Crippen molar-refractivity contribution in [2.45, 2.75) is 72.1 Å². The molecule has 0 aromatic carbocycles. The van der Waals surface area contributed by atoms with E-state index in [9.17, 15) is 9.90 Å². The van der Waals surface area contributed by atoms with E-state index in [4.69, 9.17) is 0 Å². The molecule has 2 unspecified atom stereocenters. The van der Waals surface area contributed by atoms with Gasteiger partial charge in [0.25, 0.3) is 0 Å². The summed E-state index contributed by atoms with van der Waals surface area (Å²) in [6.07, 6.45) is 10.8. The second kappa shape index (κ2) is 4.97. The van der Waals surface area contributed by atoms with Gasteiger partial charge in [0.05, 0.1) is 5.41 Å². The quantitative estimate of drug-likeness (QED) is 0.698. The molecule has 0 aromatic rings. The number of carboxylic acid groups (broad SMARTS) is 1. The molecule has 0 bridgehead atoms. The van der Waals surface area contributed by atoms with Crippen LogP contribution in [-0.2, 0) is 4.79 Å². The average Bonchev–Trinajstić information content (AvgIpc) is 2.46. The standard InChI is InChI=1S/C20H30O2/c1-5-18(2)12-9-15-14(13-18)7-8-16-19(15,3)10-6-11-20(16,4)17(21)22/h5,16H,1,6-13H2,2-4H3,(H,21,22)/t16?,18-,19?,20+/m0/s1. The Morgan fingerprint density at radius 2 is 1.95 bits per heavy atom. The Morgan fingerprint density at radius 1 is 1.23 bits per heavy atom. The van der Waals surface area contributed by atoms with Gasteiger partial charge in [-0.05, 0) is 68.6 Å². The third kappa shape index (κ3) is 2.10. The molecule has 122 valence electrons. The first-order valence-electron chi connectivity index (χ1n) is 8.84. The fourth-order valence-electron chi connectivity index (χ4n) is 5.82. The van der Waals surface area contributed by atoms with Crippen LogP contribution in [-0.4, -0.2) is 11.1 Å². The summed E-state index contributed by atoms with van der Waals surface area (Å²) in [7, 11) is 0. The molecule has 3 aliphatic rings. The Labute approximate surface area is 134 Å². The van der Waals surface area contributed by atoms with E-state index in [1.807, 2.05) is 6.92 Å². The summed E-state index contributed by atoms with van der Waals surface area (Å²) in [6.45, 7) is 10.7. The molecule has 2 heteroatoms. The molecular weight excluding hydrogens is 272 g/mol. The highest BCUT2D eigenvalue weighted by atomic mass is 16.4. The van der Waals surface area contributed by atoms with E-state index in [0.717, 1.165) is 38.5 Å². The second-order valence-electron chi connectivity index (χ2n) is 8.70. The predicted molar refractivity (Wildman–Crippen MR) is 89.6 cm³/mol. The fraction of sp³-hybridized carbons (Fsp3) is 0.750. The van der Waals surface area contributed by atoms with Gasteiger partial charge in [0, 0.05) is 0 Å². The number of hydrogen-bond acceptors (Lipinski definition) is 1. The Balaban J connectivity index is 2.01. The van der Waals surface area contributed by atoms with E-state index in [0.29, 0.717) is 5.92 Å². The first kappa shape index (κ1) is 15.8. The Hall–Kier alpha value is -1.05. The summed E-state index contributed by atoms with van der Waals surface area (Å²) < 4.78 is 0. The first-order valence-corrected chi connectivity index (χ1v) is 8.84. The molecule has 22 heavy (non-hydrogen) atoms. The van der Waals surface area contributed by atoms with E-state index in [1.54, 1.807) is 11.1 Å². The van der Waals surface area contributed by atoms with Gasteiger partial charge in [0.15, 0.2) is 0 Å². The third-order valence-corrected chi connectivity index (χ3v) is 7.33. The molecule has 0 amide bonds. The molecule has 3 aliphatic carbocycles. The minimum Gasteiger partial charge on any atom is -0.481 e. The van der Waals surface area contributed by atoms with Gasteiger partial charge < -0.3 is 5.11 Å². The van der Waals surface area contributed by atoms with Gasteiger partial charge in [-0.3, -0.25) is 4.79 Å². The van der Waals surface area contributed by atoms with Crippen LogP contribution in [0.25, 0.3) is 0 Å². The SMILES string of the molecule is C=C[C@@]1(C)CCC2=C(CCC3C2(C)CCC[C@@]3(C)C(=O)O)C1. The molecule has 4 atom stereocenters. The number of fused-ring (bicyclic) bond motifs is 2. The number of rotatable bonds is 2. The largest absolute Gasteiger partial charge is 0.481 e. The molecule has 1 fully saturated rings. The van der Waals surface area contributed by atoms with Crippen LogP contribution < -0.4 is 0 Å². The smallest absolute Gasteiger partial charge is 0.309 e. The van der Waals surface area contributed by atoms with Gasteiger partial charge in [-0.2, -0.15) is 0 Å². The minimum atomic E-state index is -0.584. The molecule has 0 radical (unpaired) electrons. The summed E-state index contributed by atoms with van der Waals surface area (Å²) in [4.78, 5) is 12.0. The lowest BCUT2D eigenvalue weighted by Gasteiger charge is -2.56. The van der Waals surface area contributed by atoms with Crippen molar-refractivity contribution in [2.75, 3.05) is 0 Å². The highest BCUT2D eigenvalue weighted by Gasteiger charge is 2.56. The molecule has 2 nitrogen and oxygen atoms in total. The molecule has 0 aliphatic heterocycles. The monoisotopic (exact) mass is 302 g/mol. The predicted octanol–water partition coefficient (Wildman–Crippen LogP) is 5.35. The van der Waals surface area contributed by atoms with Crippen molar-refractivity contribution in [1.29, 1.82) is 0 Å². The summed E-state index contributed by atoms with van der Waals surface area (Å²) >= 11 is 0. The van der Waals surface area contributed by atoms with Crippen LogP contribution in [0.2, 0.25) is 0 Å². The van der Waals surface area contributed by atoms with Crippen molar-refractivity contribution in [2.24, 2.45) is 22.2 Å². The highest BCUT2D eigenvalue weighted by Crippen LogP contribution is 2.63. The fourth-order valence-corrected chi connectivity index (χ4v) is 5.82. The van der Waals surface area contributed by atoms with Crippen LogP contribution in [0.3, 0.4) is 0 Å². The summed E-state index contributed by atoms with van der Waals surface area (Å²) in [6, 6.07) is 0. The molecule has 3 rings (SSSR count). The lowest BCUT2D eigenvalue weighted by atomic mass is 9.47. The summed E-state index contributed by atoms with van der Waals surface area (Å²) in [5, 5.41) is 9.84. The van der Waals surface area contributed by atoms with E-state index in [1.165, 1.54) is 12.8 Å². The van der Waals surface area contributed by atoms with Gasteiger partial charge in [0.2, 0.25) is 0 Å². The molecule has 1 saturated carbocycles. The molecule has 0 heterocycles. The minimum absolute atomic E-state index is 0.113. The number of allylic oxidation sites excluding steroid dienone is 3. The maximum Gasteiger partial charge on any atom is 0.309 e. The Bertz CT molecular complexity index is 546. The zero-order valence-electron chi connectivity index (χ0n) is 14.4. The van der Waals surface area contributed by atoms with Crippen molar-refractivity contribution >= 4 is 5.97 Å². The van der Waals surface area contributed by atoms with Crippen molar-refractivity contribution in [1.82, 2.24) is 0 Å². The molecule has 0 spiro atoms. The number of hydrogen-bond donors (Lipinski definition) is 1. The average molecular weight is 302 g/mol. The zero-order valence-corrected chi connectivity index (χ0v) is 14.4. The Morgan fingerprint density at radius 3 is 2.59 bits per heavy atom. The van der Waals surface area contributed by atoms with E-state index >= 15 is 0 Å². The number of carbonyl (C=O) groups is 1. The lowest BCUT2D eigenvalue weighted by molar-refractivity contribution is -0.159. The zero-order chi connectivity index (χ0) is 16.2. The molecular formula is C20H30O2. The summed E-state index contributed by atoms with van der Waals surface area (Å²) in [5.41, 5.74) is 3.07. The van der Waals surface area contributed by atoms with E-state index in [-0.39, 0.29) is 10.8 Å². The maximum absolute atomic E-state index is 12.0. The van der Waals surface area contributed by atoms with Gasteiger partial charge in [-0.1, -0.05) is 37.5 Å². The molecule has 0 saturated heterocycles. The molecule has 1 N–H and O–H groups in total. The number of carboxylic acids is 1. The normalized spacial score (nSPS) is 45.0. The van der Waals surface area contributed by atoms with Crippen LogP contribution in [0.5, 0.6) is 0 Å².